The summed E-state index contributed by atoms with van der Waals surface area (Å²) < 4.78 is 11.0. The Morgan fingerprint density at radius 1 is 0.724 bits per heavy atom. The van der Waals surface area contributed by atoms with Gasteiger partial charge in [0.1, 0.15) is 24.3 Å². The van der Waals surface area contributed by atoms with Crippen LogP contribution in [0, 0.1) is 5.41 Å². The number of aliphatic hydroxyl groups excluding tert-OH is 1. The molecule has 0 spiro atoms. The van der Waals surface area contributed by atoms with Gasteiger partial charge in [0.2, 0.25) is 17.7 Å². The smallest absolute Gasteiger partial charge is 0.408 e. The minimum atomic E-state index is -1.55. The number of hydrogen-bond donors (Lipinski definition) is 6. The summed E-state index contributed by atoms with van der Waals surface area (Å²) >= 11 is 0. The molecule has 1 aromatic heterocycles. The SMILES string of the molecule is CCC(=O)N[C@H](C(=O)N[C@@H](Cc1ccc(-c2ccccn2)cc1)C[C@H](O)[C@H](Cc1ccccc1)NC(=O)[C@@H](NC(=O)OC(C)(C)C)C(C)(C)OCC(=O)O)C(C)(C)C. The molecule has 316 valence electrons. The van der Waals surface area contributed by atoms with Crippen molar-refractivity contribution in [3.05, 3.63) is 90.1 Å². The van der Waals surface area contributed by atoms with E-state index in [0.29, 0.717) is 0 Å². The molecule has 14 nitrogen and oxygen atoms in total. The van der Waals surface area contributed by atoms with Crippen molar-refractivity contribution < 1.29 is 43.7 Å². The first-order valence-electron chi connectivity index (χ1n) is 19.6. The van der Waals surface area contributed by atoms with Gasteiger partial charge in [0.25, 0.3) is 0 Å². The number of nitrogens with one attached hydrogen (secondary N) is 4. The molecule has 2 aromatic carbocycles. The molecule has 1 heterocycles. The molecule has 0 saturated carbocycles. The summed E-state index contributed by atoms with van der Waals surface area (Å²) in [6.07, 6.45) is 0.102. The number of rotatable bonds is 19. The van der Waals surface area contributed by atoms with Crippen LogP contribution in [0.5, 0.6) is 0 Å². The Morgan fingerprint density at radius 2 is 1.33 bits per heavy atom. The molecule has 3 rings (SSSR count). The Morgan fingerprint density at radius 3 is 1.88 bits per heavy atom. The molecule has 0 aliphatic rings. The molecule has 14 heteroatoms. The Hall–Kier alpha value is -5.34. The predicted octanol–water partition coefficient (Wildman–Crippen LogP) is 4.97. The first-order chi connectivity index (χ1) is 27.1. The van der Waals surface area contributed by atoms with Gasteiger partial charge in [-0.3, -0.25) is 19.4 Å². The zero-order valence-electron chi connectivity index (χ0n) is 35.1. The van der Waals surface area contributed by atoms with E-state index in [1.54, 1.807) is 33.9 Å². The first kappa shape index (κ1) is 47.0. The van der Waals surface area contributed by atoms with Gasteiger partial charge in [-0.25, -0.2) is 9.59 Å². The maximum Gasteiger partial charge on any atom is 0.408 e. The molecule has 58 heavy (non-hydrogen) atoms. The third-order valence-corrected chi connectivity index (χ3v) is 9.30. The summed E-state index contributed by atoms with van der Waals surface area (Å²) in [7, 11) is 0. The van der Waals surface area contributed by atoms with Gasteiger partial charge >= 0.3 is 12.1 Å². The number of pyridine rings is 1. The third-order valence-electron chi connectivity index (χ3n) is 9.30. The molecule has 3 aromatic rings. The Bertz CT molecular complexity index is 1810. The van der Waals surface area contributed by atoms with Gasteiger partial charge in [0.05, 0.1) is 23.4 Å². The average Bonchev–Trinajstić information content (AvgIpc) is 3.14. The third kappa shape index (κ3) is 15.5. The van der Waals surface area contributed by atoms with Gasteiger partial charge in [-0.05, 0) is 82.6 Å². The Labute approximate surface area is 341 Å². The summed E-state index contributed by atoms with van der Waals surface area (Å²) in [5.41, 5.74) is 0.213. The van der Waals surface area contributed by atoms with Crippen LogP contribution in [0.2, 0.25) is 0 Å². The highest BCUT2D eigenvalue weighted by Gasteiger charge is 2.41. The van der Waals surface area contributed by atoms with Crippen LogP contribution in [0.1, 0.15) is 86.3 Å². The van der Waals surface area contributed by atoms with Gasteiger partial charge in [-0.15, -0.1) is 0 Å². The van der Waals surface area contributed by atoms with Crippen LogP contribution >= 0.6 is 0 Å². The minimum Gasteiger partial charge on any atom is -0.480 e. The van der Waals surface area contributed by atoms with Crippen LogP contribution in [-0.4, -0.2) is 93.1 Å². The van der Waals surface area contributed by atoms with E-state index >= 15 is 0 Å². The van der Waals surface area contributed by atoms with Crippen molar-refractivity contribution in [3.63, 3.8) is 0 Å². The van der Waals surface area contributed by atoms with Crippen molar-refractivity contribution in [2.45, 2.75) is 129 Å². The highest BCUT2D eigenvalue weighted by Crippen LogP contribution is 2.23. The van der Waals surface area contributed by atoms with Gasteiger partial charge in [-0.2, -0.15) is 0 Å². The van der Waals surface area contributed by atoms with Crippen LogP contribution in [-0.2, 0) is 41.5 Å². The standard InChI is InChI=1S/C44H61N5O9/c1-10-35(51)48-37(42(2,3)4)39(54)46-31(24-29-19-21-30(22-20-29)32-18-14-15-23-45-32)26-34(50)33(25-28-16-12-11-13-17-28)47-40(55)38(44(8,9)57-27-36(52)53)49-41(56)58-43(5,6)7/h11-23,31,33-34,37-38,50H,10,24-27H2,1-9H3,(H,46,54)(H,47,55)(H,48,51)(H,49,56)(H,52,53)/t31-,33-,34-,37+,38+/m0/s1. The van der Waals surface area contributed by atoms with Crippen molar-refractivity contribution in [2.24, 2.45) is 5.41 Å². The van der Waals surface area contributed by atoms with E-state index in [-0.39, 0.29) is 31.6 Å². The largest absolute Gasteiger partial charge is 0.480 e. The van der Waals surface area contributed by atoms with Crippen molar-refractivity contribution in [1.29, 1.82) is 0 Å². The molecular formula is C44H61N5O9. The summed E-state index contributed by atoms with van der Waals surface area (Å²) in [6, 6.07) is 18.5. The van der Waals surface area contributed by atoms with Gasteiger partial charge in [0, 0.05) is 24.2 Å². The molecule has 0 saturated heterocycles. The lowest BCUT2D eigenvalue weighted by Crippen LogP contribution is -2.62. The lowest BCUT2D eigenvalue weighted by Gasteiger charge is -2.36. The molecule has 0 aliphatic carbocycles. The van der Waals surface area contributed by atoms with Crippen LogP contribution in [0.4, 0.5) is 4.79 Å². The van der Waals surface area contributed by atoms with E-state index in [2.05, 4.69) is 26.3 Å². The highest BCUT2D eigenvalue weighted by molar-refractivity contribution is 5.89. The van der Waals surface area contributed by atoms with Crippen molar-refractivity contribution in [1.82, 2.24) is 26.3 Å². The molecule has 4 amide bonds. The number of nitrogens with zero attached hydrogens (tertiary/aromatic N) is 1. The number of aliphatic hydroxyl groups is 1. The number of ether oxygens (including phenoxy) is 2. The van der Waals surface area contributed by atoms with Gasteiger partial charge in [0.15, 0.2) is 0 Å². The quantitative estimate of drug-likeness (QED) is 0.0960. The molecular weight excluding hydrogens is 743 g/mol. The normalized spacial score (nSPS) is 14.5. The topological polar surface area (TPSA) is 205 Å². The summed E-state index contributed by atoms with van der Waals surface area (Å²) in [4.78, 5) is 69.7. The van der Waals surface area contributed by atoms with Crippen molar-refractivity contribution in [3.8, 4) is 11.3 Å². The van der Waals surface area contributed by atoms with E-state index in [1.165, 1.54) is 13.8 Å². The number of carbonyl (C=O) groups excluding carboxylic acids is 4. The summed E-state index contributed by atoms with van der Waals surface area (Å²) in [5, 5.41) is 32.8. The van der Waals surface area contributed by atoms with Crippen LogP contribution in [0.25, 0.3) is 11.3 Å². The van der Waals surface area contributed by atoms with E-state index < -0.39 is 77.4 Å². The van der Waals surface area contributed by atoms with Gasteiger partial charge < -0.3 is 41.0 Å². The van der Waals surface area contributed by atoms with E-state index in [4.69, 9.17) is 9.47 Å². The van der Waals surface area contributed by atoms with Crippen molar-refractivity contribution in [2.75, 3.05) is 6.61 Å². The highest BCUT2D eigenvalue weighted by atomic mass is 16.6. The van der Waals surface area contributed by atoms with Crippen LogP contribution in [0.15, 0.2) is 79.0 Å². The molecule has 0 aliphatic heterocycles. The molecule has 0 radical (unpaired) electrons. The van der Waals surface area contributed by atoms with Crippen LogP contribution < -0.4 is 21.3 Å². The maximum absolute atomic E-state index is 14.2. The first-order valence-corrected chi connectivity index (χ1v) is 19.6. The number of amides is 4. The lowest BCUT2D eigenvalue weighted by atomic mass is 9.85. The fraction of sp³-hybridized carbons (Fsp3) is 0.500. The van der Waals surface area contributed by atoms with E-state index in [1.807, 2.05) is 93.6 Å². The molecule has 0 fully saturated rings. The predicted molar refractivity (Wildman–Crippen MR) is 221 cm³/mol. The number of carboxylic acids is 1. The Balaban J connectivity index is 2.01. The maximum atomic E-state index is 14.2. The number of hydrogen-bond acceptors (Lipinski definition) is 9. The Kier molecular flexibility index (Phi) is 16.9. The second kappa shape index (κ2) is 20.9. The average molecular weight is 804 g/mol. The fourth-order valence-corrected chi connectivity index (χ4v) is 6.23. The van der Waals surface area contributed by atoms with Gasteiger partial charge in [-0.1, -0.05) is 88.4 Å². The number of carbonyl (C=O) groups is 5. The van der Waals surface area contributed by atoms with Crippen LogP contribution in [0.3, 0.4) is 0 Å². The lowest BCUT2D eigenvalue weighted by molar-refractivity contribution is -0.153. The second-order valence-electron chi connectivity index (χ2n) is 17.0. The number of carboxylic acid groups (broad SMARTS) is 1. The number of aliphatic carboxylic acids is 1. The van der Waals surface area contributed by atoms with E-state index in [9.17, 15) is 34.2 Å². The van der Waals surface area contributed by atoms with E-state index in [0.717, 1.165) is 22.4 Å². The number of aromatic nitrogens is 1. The molecule has 0 unspecified atom stereocenters. The number of alkyl carbamates (subject to hydrolysis) is 1. The number of benzene rings is 2. The zero-order valence-corrected chi connectivity index (χ0v) is 35.1. The van der Waals surface area contributed by atoms with Crippen molar-refractivity contribution >= 4 is 29.8 Å². The molecule has 5 atom stereocenters. The minimum absolute atomic E-state index is 0.0346. The zero-order chi connectivity index (χ0) is 43.3. The summed E-state index contributed by atoms with van der Waals surface area (Å²) in [5.74, 6) is -2.75. The fourth-order valence-electron chi connectivity index (χ4n) is 6.23. The second-order valence-corrected chi connectivity index (χ2v) is 17.0. The monoisotopic (exact) mass is 803 g/mol. The summed E-state index contributed by atoms with van der Waals surface area (Å²) in [6.45, 7) is 14.4. The molecule has 6 N–H and O–H groups in total. The molecule has 0 bridgehead atoms.